The molecule has 0 aliphatic heterocycles. The first-order valence-electron chi connectivity index (χ1n) is 6.79. The molecule has 0 unspecified atom stereocenters. The number of carboxylic acids is 1. The van der Waals surface area contributed by atoms with Gasteiger partial charge in [0.2, 0.25) is 0 Å². The van der Waals surface area contributed by atoms with E-state index in [4.69, 9.17) is 5.11 Å². The molecule has 2 N–H and O–H groups in total. The van der Waals surface area contributed by atoms with Crippen LogP contribution in [-0.2, 0) is 16.5 Å². The fraction of sp³-hybridized carbons (Fsp3) is 0.267. The minimum Gasteiger partial charge on any atom is -0.479 e. The molecular formula is C15H14F3N3O3. The van der Waals surface area contributed by atoms with Gasteiger partial charge in [0.1, 0.15) is 0 Å². The first-order chi connectivity index (χ1) is 11.0. The van der Waals surface area contributed by atoms with Gasteiger partial charge in [-0.15, -0.1) is 0 Å². The Morgan fingerprint density at radius 3 is 2.25 bits per heavy atom. The summed E-state index contributed by atoms with van der Waals surface area (Å²) in [6.45, 7) is 2.87. The van der Waals surface area contributed by atoms with Crippen LogP contribution in [0.15, 0.2) is 36.7 Å². The van der Waals surface area contributed by atoms with Crippen LogP contribution in [0.3, 0.4) is 0 Å². The summed E-state index contributed by atoms with van der Waals surface area (Å²) in [5.41, 5.74) is -1.89. The second-order valence-electron chi connectivity index (χ2n) is 5.57. The molecule has 0 fully saturated rings. The SMILES string of the molecule is CC(C)(C(=O)O)n1cc(NC(=O)c2ccc(C(F)(F)F)cc2)cn1. The minimum atomic E-state index is -4.47. The number of rotatable bonds is 4. The summed E-state index contributed by atoms with van der Waals surface area (Å²) < 4.78 is 38.6. The van der Waals surface area contributed by atoms with Gasteiger partial charge in [-0.3, -0.25) is 9.48 Å². The Balaban J connectivity index is 2.13. The standard InChI is InChI=1S/C15H14F3N3O3/c1-14(2,13(23)24)21-8-11(7-19-21)20-12(22)9-3-5-10(6-4-9)15(16,17)18/h3-8H,1-2H3,(H,20,22)(H,23,24). The highest BCUT2D eigenvalue weighted by Gasteiger charge is 2.31. The predicted molar refractivity (Wildman–Crippen MR) is 78.6 cm³/mol. The molecule has 24 heavy (non-hydrogen) atoms. The Morgan fingerprint density at radius 2 is 1.75 bits per heavy atom. The van der Waals surface area contributed by atoms with E-state index >= 15 is 0 Å². The molecule has 0 aliphatic rings. The van der Waals surface area contributed by atoms with E-state index in [1.165, 1.54) is 26.2 Å². The smallest absolute Gasteiger partial charge is 0.416 e. The molecule has 0 saturated carbocycles. The summed E-state index contributed by atoms with van der Waals surface area (Å²) in [7, 11) is 0. The molecule has 9 heteroatoms. The number of amides is 1. The molecule has 2 rings (SSSR count). The second-order valence-corrected chi connectivity index (χ2v) is 5.57. The molecule has 2 aromatic rings. The molecule has 0 atom stereocenters. The highest BCUT2D eigenvalue weighted by molar-refractivity contribution is 6.04. The lowest BCUT2D eigenvalue weighted by molar-refractivity contribution is -0.146. The number of carboxylic acid groups (broad SMARTS) is 1. The van der Waals surface area contributed by atoms with Crippen LogP contribution in [0.1, 0.15) is 29.8 Å². The summed E-state index contributed by atoms with van der Waals surface area (Å²) in [4.78, 5) is 23.2. The Hall–Kier alpha value is -2.84. The molecular weight excluding hydrogens is 327 g/mol. The van der Waals surface area contributed by atoms with Crippen molar-refractivity contribution in [2.24, 2.45) is 0 Å². The van der Waals surface area contributed by atoms with Crippen molar-refractivity contribution in [3.8, 4) is 0 Å². The van der Waals surface area contributed by atoms with Crippen molar-refractivity contribution in [1.82, 2.24) is 9.78 Å². The lowest BCUT2D eigenvalue weighted by Gasteiger charge is -2.19. The van der Waals surface area contributed by atoms with E-state index in [9.17, 15) is 22.8 Å². The zero-order chi connectivity index (χ0) is 18.1. The Kier molecular flexibility index (Phi) is 4.37. The van der Waals surface area contributed by atoms with E-state index in [2.05, 4.69) is 10.4 Å². The Bertz CT molecular complexity index is 764. The van der Waals surface area contributed by atoms with Crippen LogP contribution < -0.4 is 5.32 Å². The van der Waals surface area contributed by atoms with E-state index in [0.717, 1.165) is 28.9 Å². The monoisotopic (exact) mass is 341 g/mol. The van der Waals surface area contributed by atoms with Crippen molar-refractivity contribution in [1.29, 1.82) is 0 Å². The molecule has 0 radical (unpaired) electrons. The highest BCUT2D eigenvalue weighted by Crippen LogP contribution is 2.29. The molecule has 1 heterocycles. The average Bonchev–Trinajstić information content (AvgIpc) is 2.95. The summed E-state index contributed by atoms with van der Waals surface area (Å²) >= 11 is 0. The van der Waals surface area contributed by atoms with Crippen LogP contribution in [0.25, 0.3) is 0 Å². The molecule has 1 aromatic carbocycles. The molecule has 0 bridgehead atoms. The molecule has 0 saturated heterocycles. The molecule has 1 aromatic heterocycles. The van der Waals surface area contributed by atoms with Crippen molar-refractivity contribution < 1.29 is 27.9 Å². The fourth-order valence-corrected chi connectivity index (χ4v) is 1.80. The fourth-order valence-electron chi connectivity index (χ4n) is 1.80. The van der Waals surface area contributed by atoms with Crippen LogP contribution in [0.5, 0.6) is 0 Å². The highest BCUT2D eigenvalue weighted by atomic mass is 19.4. The zero-order valence-electron chi connectivity index (χ0n) is 12.8. The largest absolute Gasteiger partial charge is 0.479 e. The van der Waals surface area contributed by atoms with E-state index < -0.39 is 29.2 Å². The van der Waals surface area contributed by atoms with Gasteiger partial charge in [0.15, 0.2) is 5.54 Å². The summed E-state index contributed by atoms with van der Waals surface area (Å²) in [6.07, 6.45) is -1.89. The number of aromatic nitrogens is 2. The van der Waals surface area contributed by atoms with Gasteiger partial charge in [-0.05, 0) is 38.1 Å². The maximum Gasteiger partial charge on any atom is 0.416 e. The van der Waals surface area contributed by atoms with Gasteiger partial charge >= 0.3 is 12.1 Å². The van der Waals surface area contributed by atoms with Crippen molar-refractivity contribution in [3.63, 3.8) is 0 Å². The van der Waals surface area contributed by atoms with Gasteiger partial charge in [0, 0.05) is 11.8 Å². The van der Waals surface area contributed by atoms with Crippen molar-refractivity contribution in [2.45, 2.75) is 25.6 Å². The number of halogens is 3. The van der Waals surface area contributed by atoms with E-state index in [-0.39, 0.29) is 11.3 Å². The normalized spacial score (nSPS) is 12.0. The van der Waals surface area contributed by atoms with Crippen molar-refractivity contribution >= 4 is 17.6 Å². The number of carbonyl (C=O) groups is 2. The third-order valence-electron chi connectivity index (χ3n) is 3.41. The number of nitrogens with one attached hydrogen (secondary N) is 1. The van der Waals surface area contributed by atoms with Crippen LogP contribution >= 0.6 is 0 Å². The van der Waals surface area contributed by atoms with E-state index in [1.54, 1.807) is 0 Å². The number of aliphatic carboxylic acids is 1. The van der Waals surface area contributed by atoms with Gasteiger partial charge in [-0.25, -0.2) is 4.79 Å². The summed E-state index contributed by atoms with van der Waals surface area (Å²) in [5.74, 6) is -1.73. The first kappa shape index (κ1) is 17.5. The third kappa shape index (κ3) is 3.55. The molecule has 128 valence electrons. The average molecular weight is 341 g/mol. The van der Waals surface area contributed by atoms with Gasteiger partial charge < -0.3 is 10.4 Å². The maximum absolute atomic E-state index is 12.5. The molecule has 6 nitrogen and oxygen atoms in total. The summed E-state index contributed by atoms with van der Waals surface area (Å²) in [5, 5.41) is 15.4. The van der Waals surface area contributed by atoms with Gasteiger partial charge in [0.25, 0.3) is 5.91 Å². The second kappa shape index (κ2) is 5.99. The predicted octanol–water partition coefficient (Wildman–Crippen LogP) is 2.97. The lowest BCUT2D eigenvalue weighted by atomic mass is 10.1. The number of alkyl halides is 3. The number of hydrogen-bond acceptors (Lipinski definition) is 3. The van der Waals surface area contributed by atoms with Gasteiger partial charge in [-0.2, -0.15) is 18.3 Å². The number of benzene rings is 1. The third-order valence-corrected chi connectivity index (χ3v) is 3.41. The first-order valence-corrected chi connectivity index (χ1v) is 6.79. The minimum absolute atomic E-state index is 0.0354. The lowest BCUT2D eigenvalue weighted by Crippen LogP contribution is -2.35. The molecule has 1 amide bonds. The Labute approximate surface area is 134 Å². The van der Waals surface area contributed by atoms with Crippen molar-refractivity contribution in [3.05, 3.63) is 47.8 Å². The van der Waals surface area contributed by atoms with Crippen LogP contribution in [-0.4, -0.2) is 26.8 Å². The van der Waals surface area contributed by atoms with E-state index in [1.807, 2.05) is 0 Å². The van der Waals surface area contributed by atoms with Crippen molar-refractivity contribution in [2.75, 3.05) is 5.32 Å². The maximum atomic E-state index is 12.5. The topological polar surface area (TPSA) is 84.2 Å². The van der Waals surface area contributed by atoms with Crippen LogP contribution in [0.4, 0.5) is 18.9 Å². The number of anilines is 1. The number of nitrogens with zero attached hydrogens (tertiary/aromatic N) is 2. The van der Waals surface area contributed by atoms with Gasteiger partial charge in [-0.1, -0.05) is 0 Å². The number of hydrogen-bond donors (Lipinski definition) is 2. The van der Waals surface area contributed by atoms with Crippen LogP contribution in [0.2, 0.25) is 0 Å². The zero-order valence-corrected chi connectivity index (χ0v) is 12.8. The quantitative estimate of drug-likeness (QED) is 0.895. The summed E-state index contributed by atoms with van der Waals surface area (Å²) in [6, 6.07) is 3.74. The number of carbonyl (C=O) groups excluding carboxylic acids is 1. The molecule has 0 aliphatic carbocycles. The van der Waals surface area contributed by atoms with Crippen LogP contribution in [0, 0.1) is 0 Å². The molecule has 0 spiro atoms. The van der Waals surface area contributed by atoms with E-state index in [0.29, 0.717) is 0 Å². The van der Waals surface area contributed by atoms with Gasteiger partial charge in [0.05, 0.1) is 17.4 Å². The Morgan fingerprint density at radius 1 is 1.17 bits per heavy atom.